The number of amides is 1. The average molecular weight is 328 g/mol. The molecule has 1 amide bonds. The van der Waals surface area contributed by atoms with Gasteiger partial charge in [-0.2, -0.15) is 0 Å². The second kappa shape index (κ2) is 7.58. The van der Waals surface area contributed by atoms with Gasteiger partial charge in [-0.15, -0.1) is 0 Å². The number of rotatable bonds is 4. The molecule has 1 saturated heterocycles. The van der Waals surface area contributed by atoms with Crippen LogP contribution >= 0.6 is 11.6 Å². The lowest BCUT2D eigenvalue weighted by molar-refractivity contribution is -0.144. The number of likely N-dealkylation sites (tertiary alicyclic amines) is 1. The van der Waals surface area contributed by atoms with Crippen molar-refractivity contribution in [3.63, 3.8) is 0 Å². The number of carbonyl (C=O) groups excluding carboxylic acids is 2. The van der Waals surface area contributed by atoms with Crippen LogP contribution in [-0.4, -0.2) is 36.0 Å². The first-order chi connectivity index (χ1) is 10.5. The molecule has 1 fully saturated rings. The summed E-state index contributed by atoms with van der Waals surface area (Å²) < 4.78 is 18.8. The fraction of sp³-hybridized carbons (Fsp3) is 0.500. The second-order valence-corrected chi connectivity index (χ2v) is 5.72. The summed E-state index contributed by atoms with van der Waals surface area (Å²) in [5, 5.41) is 0.309. The molecular weight excluding hydrogens is 309 g/mol. The minimum Gasteiger partial charge on any atom is -0.466 e. The molecule has 1 heterocycles. The third kappa shape index (κ3) is 3.97. The van der Waals surface area contributed by atoms with Crippen molar-refractivity contribution >= 4 is 23.5 Å². The van der Waals surface area contributed by atoms with E-state index in [9.17, 15) is 14.0 Å². The molecule has 1 atom stereocenters. The molecule has 0 spiro atoms. The number of halogens is 2. The molecule has 0 N–H and O–H groups in total. The predicted octanol–water partition coefficient (Wildman–Crippen LogP) is 3.43. The minimum atomic E-state index is -0.602. The van der Waals surface area contributed by atoms with Crippen LogP contribution in [0, 0.1) is 5.82 Å². The van der Waals surface area contributed by atoms with E-state index in [0.717, 1.165) is 12.8 Å². The van der Waals surface area contributed by atoms with Gasteiger partial charge < -0.3 is 9.64 Å². The van der Waals surface area contributed by atoms with Gasteiger partial charge in [-0.1, -0.05) is 11.6 Å². The molecule has 0 aliphatic carbocycles. The largest absolute Gasteiger partial charge is 0.466 e. The Labute approximate surface area is 134 Å². The van der Waals surface area contributed by atoms with Gasteiger partial charge in [-0.3, -0.25) is 9.59 Å². The molecule has 0 radical (unpaired) electrons. The van der Waals surface area contributed by atoms with Crippen molar-refractivity contribution in [3.05, 3.63) is 34.6 Å². The maximum absolute atomic E-state index is 13.9. The number of carbonyl (C=O) groups is 2. The summed E-state index contributed by atoms with van der Waals surface area (Å²) in [5.41, 5.74) is -0.0525. The monoisotopic (exact) mass is 327 g/mol. The summed E-state index contributed by atoms with van der Waals surface area (Å²) in [6.07, 6.45) is 2.63. The van der Waals surface area contributed by atoms with Crippen molar-refractivity contribution in [2.75, 3.05) is 13.2 Å². The molecule has 4 nitrogen and oxygen atoms in total. The maximum Gasteiger partial charge on any atom is 0.307 e. The van der Waals surface area contributed by atoms with E-state index >= 15 is 0 Å². The van der Waals surface area contributed by atoms with Gasteiger partial charge in [0, 0.05) is 17.6 Å². The molecule has 0 aromatic heterocycles. The third-order valence-corrected chi connectivity index (χ3v) is 3.99. The number of hydrogen-bond acceptors (Lipinski definition) is 3. The van der Waals surface area contributed by atoms with E-state index in [1.165, 1.54) is 18.2 Å². The molecule has 1 aliphatic rings. The van der Waals surface area contributed by atoms with Gasteiger partial charge in [-0.05, 0) is 44.4 Å². The van der Waals surface area contributed by atoms with Crippen LogP contribution in [0.2, 0.25) is 5.02 Å². The van der Waals surface area contributed by atoms with Crippen LogP contribution in [0.1, 0.15) is 43.0 Å². The smallest absolute Gasteiger partial charge is 0.307 e. The van der Waals surface area contributed by atoms with Crippen LogP contribution in [0.25, 0.3) is 0 Å². The average Bonchev–Trinajstić information content (AvgIpc) is 2.50. The standard InChI is InChI=1S/C16H19ClFNO3/c1-2-22-15(20)10-12-5-3-4-8-19(12)16(21)13-9-11(17)6-7-14(13)18/h6-7,9,12H,2-5,8,10H2,1H3/t12-/m1/s1. The van der Waals surface area contributed by atoms with Crippen molar-refractivity contribution in [1.82, 2.24) is 4.90 Å². The lowest BCUT2D eigenvalue weighted by Crippen LogP contribution is -2.45. The number of hydrogen-bond donors (Lipinski definition) is 0. The van der Waals surface area contributed by atoms with Crippen LogP contribution in [-0.2, 0) is 9.53 Å². The Kier molecular flexibility index (Phi) is 5.77. The number of esters is 1. The normalized spacial score (nSPS) is 18.1. The molecule has 1 aromatic rings. The van der Waals surface area contributed by atoms with Gasteiger partial charge in [0.05, 0.1) is 18.6 Å². The van der Waals surface area contributed by atoms with Crippen molar-refractivity contribution in [1.29, 1.82) is 0 Å². The maximum atomic E-state index is 13.9. The van der Waals surface area contributed by atoms with Crippen LogP contribution in [0.5, 0.6) is 0 Å². The van der Waals surface area contributed by atoms with Crippen LogP contribution in [0.15, 0.2) is 18.2 Å². The van der Waals surface area contributed by atoms with Crippen molar-refractivity contribution in [2.24, 2.45) is 0 Å². The molecular formula is C16H19ClFNO3. The lowest BCUT2D eigenvalue weighted by atomic mass is 9.98. The Morgan fingerprint density at radius 2 is 2.18 bits per heavy atom. The molecule has 1 aliphatic heterocycles. The van der Waals surface area contributed by atoms with Crippen molar-refractivity contribution in [2.45, 2.75) is 38.6 Å². The molecule has 0 bridgehead atoms. The zero-order valence-electron chi connectivity index (χ0n) is 12.5. The van der Waals surface area contributed by atoms with E-state index in [1.807, 2.05) is 0 Å². The zero-order valence-corrected chi connectivity index (χ0v) is 13.2. The Bertz CT molecular complexity index is 564. The SMILES string of the molecule is CCOC(=O)C[C@H]1CCCCN1C(=O)c1cc(Cl)ccc1F. The van der Waals surface area contributed by atoms with E-state index in [4.69, 9.17) is 16.3 Å². The summed E-state index contributed by atoms with van der Waals surface area (Å²) in [6.45, 7) is 2.56. The molecule has 22 heavy (non-hydrogen) atoms. The molecule has 0 unspecified atom stereocenters. The summed E-state index contributed by atoms with van der Waals surface area (Å²) in [5.74, 6) is -1.36. The van der Waals surface area contributed by atoms with E-state index in [1.54, 1.807) is 11.8 Å². The van der Waals surface area contributed by atoms with Gasteiger partial charge in [0.25, 0.3) is 5.91 Å². The Morgan fingerprint density at radius 3 is 2.91 bits per heavy atom. The zero-order chi connectivity index (χ0) is 16.1. The van der Waals surface area contributed by atoms with Crippen molar-refractivity contribution in [3.8, 4) is 0 Å². The number of benzene rings is 1. The lowest BCUT2D eigenvalue weighted by Gasteiger charge is -2.35. The summed E-state index contributed by atoms with van der Waals surface area (Å²) in [6, 6.07) is 3.66. The Morgan fingerprint density at radius 1 is 1.41 bits per heavy atom. The highest BCUT2D eigenvalue weighted by molar-refractivity contribution is 6.31. The van der Waals surface area contributed by atoms with E-state index in [0.29, 0.717) is 24.6 Å². The second-order valence-electron chi connectivity index (χ2n) is 5.28. The molecule has 120 valence electrons. The van der Waals surface area contributed by atoms with E-state index < -0.39 is 11.7 Å². The van der Waals surface area contributed by atoms with Gasteiger partial charge in [-0.25, -0.2) is 4.39 Å². The van der Waals surface area contributed by atoms with E-state index in [-0.39, 0.29) is 24.0 Å². The van der Waals surface area contributed by atoms with Gasteiger partial charge in [0.2, 0.25) is 0 Å². The topological polar surface area (TPSA) is 46.6 Å². The highest BCUT2D eigenvalue weighted by Gasteiger charge is 2.30. The van der Waals surface area contributed by atoms with Gasteiger partial charge in [0.1, 0.15) is 5.82 Å². The van der Waals surface area contributed by atoms with Crippen molar-refractivity contribution < 1.29 is 18.7 Å². The fourth-order valence-electron chi connectivity index (χ4n) is 2.71. The highest BCUT2D eigenvalue weighted by atomic mass is 35.5. The van der Waals surface area contributed by atoms with Crippen LogP contribution in [0.4, 0.5) is 4.39 Å². The molecule has 1 aromatic carbocycles. The third-order valence-electron chi connectivity index (χ3n) is 3.75. The highest BCUT2D eigenvalue weighted by Crippen LogP contribution is 2.24. The first kappa shape index (κ1) is 16.7. The predicted molar refractivity (Wildman–Crippen MR) is 81.3 cm³/mol. The first-order valence-electron chi connectivity index (χ1n) is 7.44. The minimum absolute atomic E-state index is 0.0525. The molecule has 6 heteroatoms. The Balaban J connectivity index is 2.17. The summed E-state index contributed by atoms with van der Waals surface area (Å²) >= 11 is 5.85. The quantitative estimate of drug-likeness (QED) is 0.796. The summed E-state index contributed by atoms with van der Waals surface area (Å²) in [7, 11) is 0. The number of nitrogens with zero attached hydrogens (tertiary/aromatic N) is 1. The fourth-order valence-corrected chi connectivity index (χ4v) is 2.88. The molecule has 0 saturated carbocycles. The van der Waals surface area contributed by atoms with Crippen LogP contribution < -0.4 is 0 Å². The number of piperidine rings is 1. The van der Waals surface area contributed by atoms with Gasteiger partial charge >= 0.3 is 5.97 Å². The van der Waals surface area contributed by atoms with Crippen LogP contribution in [0.3, 0.4) is 0 Å². The summed E-state index contributed by atoms with van der Waals surface area (Å²) in [4.78, 5) is 25.8. The Hall–Kier alpha value is -1.62. The number of ether oxygens (including phenoxy) is 1. The van der Waals surface area contributed by atoms with E-state index in [2.05, 4.69) is 0 Å². The van der Waals surface area contributed by atoms with Gasteiger partial charge in [0.15, 0.2) is 0 Å². The first-order valence-corrected chi connectivity index (χ1v) is 7.82. The molecule has 2 rings (SSSR count).